The summed E-state index contributed by atoms with van der Waals surface area (Å²) in [5.74, 6) is 0.443. The lowest BCUT2D eigenvalue weighted by Crippen LogP contribution is -2.47. The van der Waals surface area contributed by atoms with E-state index in [4.69, 9.17) is 39.0 Å². The summed E-state index contributed by atoms with van der Waals surface area (Å²) in [6, 6.07) is 32.7. The van der Waals surface area contributed by atoms with Gasteiger partial charge in [0.25, 0.3) is 0 Å². The topological polar surface area (TPSA) is 188 Å². The zero-order valence-corrected chi connectivity index (χ0v) is 39.6. The van der Waals surface area contributed by atoms with E-state index in [2.05, 4.69) is 82.8 Å². The van der Waals surface area contributed by atoms with Crippen LogP contribution in [0.25, 0.3) is 0 Å². The quantitative estimate of drug-likeness (QED) is 0.0169. The monoisotopic (exact) mass is 905 g/mol. The van der Waals surface area contributed by atoms with Crippen LogP contribution >= 0.6 is 0 Å². The van der Waals surface area contributed by atoms with E-state index >= 15 is 0 Å². The molecule has 4 rings (SSSR count). The van der Waals surface area contributed by atoms with Crippen LogP contribution in [0.3, 0.4) is 0 Å². The van der Waals surface area contributed by atoms with Crippen LogP contribution in [0.4, 0.5) is 0 Å². The lowest BCUT2D eigenvalue weighted by Gasteiger charge is -2.35. The van der Waals surface area contributed by atoms with Crippen molar-refractivity contribution in [2.75, 3.05) is 46.2 Å². The highest BCUT2D eigenvalue weighted by Crippen LogP contribution is 2.35. The van der Waals surface area contributed by atoms with Crippen LogP contribution in [0.2, 0.25) is 0 Å². The number of rotatable bonds is 28. The Hall–Kier alpha value is -4.50. The van der Waals surface area contributed by atoms with Crippen LogP contribution in [0.1, 0.15) is 103 Å². The van der Waals surface area contributed by atoms with E-state index < -0.39 is 49.3 Å². The first-order valence-corrected chi connectivity index (χ1v) is 22.7. The molecule has 0 fully saturated rings. The van der Waals surface area contributed by atoms with Gasteiger partial charge in [-0.2, -0.15) is 0 Å². The van der Waals surface area contributed by atoms with E-state index in [0.717, 1.165) is 42.3 Å². The van der Waals surface area contributed by atoms with Gasteiger partial charge >= 0.3 is 0 Å². The molecule has 5 atom stereocenters. The van der Waals surface area contributed by atoms with Gasteiger partial charge in [0.1, 0.15) is 42.8 Å². The van der Waals surface area contributed by atoms with Crippen molar-refractivity contribution in [3.8, 4) is 23.0 Å². The highest BCUT2D eigenvalue weighted by Gasteiger charge is 2.38. The minimum absolute atomic E-state index is 0.139. The van der Waals surface area contributed by atoms with Crippen molar-refractivity contribution in [1.82, 2.24) is 0 Å². The van der Waals surface area contributed by atoms with Gasteiger partial charge in [0.2, 0.25) is 0 Å². The summed E-state index contributed by atoms with van der Waals surface area (Å²) in [5, 5.41) is 66.3. The van der Waals surface area contributed by atoms with Crippen molar-refractivity contribution < 1.29 is 59.4 Å². The predicted molar refractivity (Wildman–Crippen MR) is 255 cm³/mol. The molecule has 4 aromatic carbocycles. The summed E-state index contributed by atoms with van der Waals surface area (Å²) in [6.45, 7) is 17.8. The maximum absolute atomic E-state index is 10.5. The third-order valence-electron chi connectivity index (χ3n) is 11.3. The molecule has 0 aromatic heterocycles. The first-order valence-electron chi connectivity index (χ1n) is 22.7. The van der Waals surface area contributed by atoms with Gasteiger partial charge in [-0.1, -0.05) is 95.3 Å². The standard InChI is InChI=1S/C43H54O6.C10H22O6/c1-7-28-46-38-20-12-33(13-21-38)42(3,4)36-18-26-41(27-19-36)49-31-37(45)11-9-8-10-29-47-39-22-14-34(15-23-39)43(5,6)35-16-24-40(25-17-35)48-30-32(2)44;1-7(13)3-10(15,9(4-11)5-12)16-6-8(2)14/h7,12-27,32,37,44-45H,1,8-11,28-31H2,2-6H3;7-9,11-15H,3-6H2,1-2H3. The van der Waals surface area contributed by atoms with Gasteiger partial charge in [0.15, 0.2) is 5.79 Å². The zero-order valence-electron chi connectivity index (χ0n) is 39.6. The number of unbranched alkanes of at least 4 members (excludes halogenated alkanes) is 2. The van der Waals surface area contributed by atoms with Crippen LogP contribution in [-0.2, 0) is 15.6 Å². The van der Waals surface area contributed by atoms with Crippen LogP contribution in [-0.4, -0.2) is 112 Å². The Labute approximate surface area is 387 Å². The largest absolute Gasteiger partial charge is 0.494 e. The van der Waals surface area contributed by atoms with Gasteiger partial charge in [0, 0.05) is 17.3 Å². The average Bonchev–Trinajstić information content (AvgIpc) is 3.28. The summed E-state index contributed by atoms with van der Waals surface area (Å²) in [4.78, 5) is 0. The molecule has 0 heterocycles. The maximum Gasteiger partial charge on any atom is 0.175 e. The summed E-state index contributed by atoms with van der Waals surface area (Å²) in [5.41, 5.74) is 4.41. The van der Waals surface area contributed by atoms with Gasteiger partial charge in [-0.05, 0) is 111 Å². The molecule has 12 nitrogen and oxygen atoms in total. The fourth-order valence-electron chi connectivity index (χ4n) is 7.08. The smallest absolute Gasteiger partial charge is 0.175 e. The van der Waals surface area contributed by atoms with Crippen molar-refractivity contribution in [1.29, 1.82) is 0 Å². The lowest BCUT2D eigenvalue weighted by atomic mass is 9.78. The van der Waals surface area contributed by atoms with E-state index in [1.54, 1.807) is 13.0 Å². The van der Waals surface area contributed by atoms with E-state index in [1.165, 1.54) is 36.1 Å². The highest BCUT2D eigenvalue weighted by molar-refractivity contribution is 5.43. The van der Waals surface area contributed by atoms with Gasteiger partial charge in [-0.25, -0.2) is 0 Å². The summed E-state index contributed by atoms with van der Waals surface area (Å²) in [6.07, 6.45) is 2.46. The molecule has 5 unspecified atom stereocenters. The Morgan fingerprint density at radius 2 is 0.923 bits per heavy atom. The van der Waals surface area contributed by atoms with Crippen molar-refractivity contribution in [2.45, 2.75) is 122 Å². The van der Waals surface area contributed by atoms with E-state index in [0.29, 0.717) is 19.6 Å². The summed E-state index contributed by atoms with van der Waals surface area (Å²) >= 11 is 0. The van der Waals surface area contributed by atoms with Gasteiger partial charge in [0.05, 0.1) is 56.8 Å². The average molecular weight is 905 g/mol. The zero-order chi connectivity index (χ0) is 48.0. The Bertz CT molecular complexity index is 1890. The molecule has 0 saturated heterocycles. The third kappa shape index (κ3) is 18.4. The Kier molecular flexibility index (Phi) is 23.0. The number of aliphatic hydroxyl groups excluding tert-OH is 6. The normalized spacial score (nSPS) is 14.6. The van der Waals surface area contributed by atoms with Gasteiger partial charge < -0.3 is 59.4 Å². The number of hydrogen-bond donors (Lipinski definition) is 7. The third-order valence-corrected chi connectivity index (χ3v) is 11.3. The Morgan fingerprint density at radius 3 is 1.31 bits per heavy atom. The second-order valence-electron chi connectivity index (χ2n) is 17.9. The molecule has 65 heavy (non-hydrogen) atoms. The molecule has 12 heteroatoms. The first kappa shape index (κ1) is 54.8. The summed E-state index contributed by atoms with van der Waals surface area (Å²) in [7, 11) is 0. The molecule has 0 aliphatic carbocycles. The second-order valence-corrected chi connectivity index (χ2v) is 17.9. The Balaban J connectivity index is 0.000000596. The Morgan fingerprint density at radius 1 is 0.523 bits per heavy atom. The molecule has 4 aromatic rings. The number of hydrogen-bond acceptors (Lipinski definition) is 12. The molecule has 0 radical (unpaired) electrons. The molecular formula is C53H76O12. The molecule has 0 saturated carbocycles. The molecule has 0 spiro atoms. The van der Waals surface area contributed by atoms with Gasteiger partial charge in [-0.3, -0.25) is 0 Å². The van der Waals surface area contributed by atoms with Crippen LogP contribution in [0.5, 0.6) is 23.0 Å². The van der Waals surface area contributed by atoms with Gasteiger partial charge in [-0.15, -0.1) is 0 Å². The number of aliphatic hydroxyl groups is 7. The summed E-state index contributed by atoms with van der Waals surface area (Å²) < 4.78 is 28.2. The molecule has 7 N–H and O–H groups in total. The molecular weight excluding hydrogens is 829 g/mol. The minimum atomic E-state index is -1.84. The van der Waals surface area contributed by atoms with E-state index in [9.17, 15) is 20.4 Å². The van der Waals surface area contributed by atoms with Crippen LogP contribution in [0, 0.1) is 5.92 Å². The van der Waals surface area contributed by atoms with E-state index in [1.807, 2.05) is 48.5 Å². The van der Waals surface area contributed by atoms with Crippen molar-refractivity contribution >= 4 is 0 Å². The fourth-order valence-corrected chi connectivity index (χ4v) is 7.08. The molecule has 360 valence electrons. The number of ether oxygens (including phenoxy) is 5. The van der Waals surface area contributed by atoms with Crippen molar-refractivity contribution in [3.05, 3.63) is 132 Å². The lowest BCUT2D eigenvalue weighted by molar-refractivity contribution is -0.268. The van der Waals surface area contributed by atoms with Crippen molar-refractivity contribution in [3.63, 3.8) is 0 Å². The maximum atomic E-state index is 10.5. The second kappa shape index (κ2) is 27.2. The minimum Gasteiger partial charge on any atom is -0.494 e. The fraction of sp³-hybridized carbons (Fsp3) is 0.509. The molecule has 0 aliphatic heterocycles. The van der Waals surface area contributed by atoms with E-state index in [-0.39, 0.29) is 37.1 Å². The van der Waals surface area contributed by atoms with Crippen molar-refractivity contribution in [2.24, 2.45) is 5.92 Å². The van der Waals surface area contributed by atoms with Crippen LogP contribution < -0.4 is 18.9 Å². The molecule has 0 aliphatic rings. The highest BCUT2D eigenvalue weighted by atomic mass is 16.6. The number of benzene rings is 4. The SMILES string of the molecule is C=CCOc1ccc(C(C)(C)c2ccc(OCC(O)CCCCCOc3ccc(C(C)(C)c4ccc(OCC(C)O)cc4)cc3)cc2)cc1.CC(O)COC(O)(CC(C)O)C(CO)CO. The predicted octanol–water partition coefficient (Wildman–Crippen LogP) is 7.49. The van der Waals surface area contributed by atoms with Crippen LogP contribution in [0.15, 0.2) is 110 Å². The molecule has 0 bridgehead atoms. The first-order chi connectivity index (χ1) is 30.8. The molecule has 0 amide bonds.